The number of nitrogens with zero attached hydrogens (tertiary/aromatic N) is 1. The van der Waals surface area contributed by atoms with Crippen molar-refractivity contribution in [1.82, 2.24) is 0 Å². The quantitative estimate of drug-likeness (QED) is 0.445. The van der Waals surface area contributed by atoms with Gasteiger partial charge in [-0.2, -0.15) is 5.26 Å². The molecule has 2 N–H and O–H groups in total. The van der Waals surface area contributed by atoms with Crippen molar-refractivity contribution in [1.29, 1.82) is 5.26 Å². The number of amides is 1. The number of nitriles is 1. The van der Waals surface area contributed by atoms with E-state index in [0.29, 0.717) is 34.7 Å². The number of carbonyl (C=O) groups is 2. The van der Waals surface area contributed by atoms with Crippen molar-refractivity contribution in [2.45, 2.75) is 13.8 Å². The van der Waals surface area contributed by atoms with Crippen LogP contribution in [0.2, 0.25) is 0 Å². The Bertz CT molecular complexity index is 995. The van der Waals surface area contributed by atoms with Crippen LogP contribution in [0.1, 0.15) is 29.8 Å². The number of para-hydroxylation sites is 1. The molecule has 150 valence electrons. The SMILES string of the molecule is CCOc1cc(/C=C(\C#N)C(=O)Nc2ccccc2C(=O)O)cc(Br)c1OCC. The number of hydrogen-bond acceptors (Lipinski definition) is 5. The summed E-state index contributed by atoms with van der Waals surface area (Å²) in [5.41, 5.74) is 0.389. The summed E-state index contributed by atoms with van der Waals surface area (Å²) in [6.07, 6.45) is 1.39. The van der Waals surface area contributed by atoms with E-state index in [2.05, 4.69) is 21.2 Å². The van der Waals surface area contributed by atoms with E-state index in [1.807, 2.05) is 19.9 Å². The third-order valence-electron chi connectivity index (χ3n) is 3.70. The smallest absolute Gasteiger partial charge is 0.337 e. The summed E-state index contributed by atoms with van der Waals surface area (Å²) >= 11 is 3.41. The van der Waals surface area contributed by atoms with E-state index >= 15 is 0 Å². The summed E-state index contributed by atoms with van der Waals surface area (Å²) in [4.78, 5) is 23.8. The molecule has 0 unspecified atom stereocenters. The average Bonchev–Trinajstić information content (AvgIpc) is 2.69. The fourth-order valence-electron chi connectivity index (χ4n) is 2.50. The lowest BCUT2D eigenvalue weighted by Gasteiger charge is -2.13. The zero-order valence-electron chi connectivity index (χ0n) is 15.9. The van der Waals surface area contributed by atoms with Crippen molar-refractivity contribution in [3.8, 4) is 17.6 Å². The van der Waals surface area contributed by atoms with Gasteiger partial charge in [-0.3, -0.25) is 4.79 Å². The maximum absolute atomic E-state index is 12.5. The lowest BCUT2D eigenvalue weighted by molar-refractivity contribution is -0.112. The molecule has 7 nitrogen and oxygen atoms in total. The highest BCUT2D eigenvalue weighted by Crippen LogP contribution is 2.37. The van der Waals surface area contributed by atoms with Crippen LogP contribution in [0.5, 0.6) is 11.5 Å². The Balaban J connectivity index is 2.38. The molecule has 2 rings (SSSR count). The molecule has 0 saturated heterocycles. The first-order chi connectivity index (χ1) is 13.9. The largest absolute Gasteiger partial charge is 0.490 e. The van der Waals surface area contributed by atoms with E-state index in [4.69, 9.17) is 9.47 Å². The number of carboxylic acid groups (broad SMARTS) is 1. The lowest BCUT2D eigenvalue weighted by atomic mass is 10.1. The first kappa shape index (κ1) is 22.0. The van der Waals surface area contributed by atoms with Gasteiger partial charge in [0.05, 0.1) is 28.9 Å². The van der Waals surface area contributed by atoms with Gasteiger partial charge in [0.2, 0.25) is 0 Å². The van der Waals surface area contributed by atoms with Crippen LogP contribution in [0.3, 0.4) is 0 Å². The van der Waals surface area contributed by atoms with Gasteiger partial charge in [-0.05, 0) is 65.7 Å². The van der Waals surface area contributed by atoms with Crippen LogP contribution in [-0.4, -0.2) is 30.2 Å². The highest BCUT2D eigenvalue weighted by molar-refractivity contribution is 9.10. The number of carboxylic acids is 1. The van der Waals surface area contributed by atoms with Gasteiger partial charge < -0.3 is 19.9 Å². The minimum absolute atomic E-state index is 0.0689. The second-order valence-corrected chi connectivity index (χ2v) is 6.53. The summed E-state index contributed by atoms with van der Waals surface area (Å²) < 4.78 is 11.8. The second-order valence-electron chi connectivity index (χ2n) is 5.67. The van der Waals surface area contributed by atoms with E-state index in [1.165, 1.54) is 18.2 Å². The van der Waals surface area contributed by atoms with Crippen LogP contribution in [0.15, 0.2) is 46.4 Å². The molecule has 2 aromatic carbocycles. The number of aromatic carboxylic acids is 1. The zero-order chi connectivity index (χ0) is 21.4. The van der Waals surface area contributed by atoms with E-state index in [-0.39, 0.29) is 16.8 Å². The molecule has 0 aliphatic carbocycles. The van der Waals surface area contributed by atoms with Gasteiger partial charge in [0.15, 0.2) is 11.5 Å². The molecule has 0 heterocycles. The number of ether oxygens (including phenoxy) is 2. The van der Waals surface area contributed by atoms with Crippen molar-refractivity contribution in [2.75, 3.05) is 18.5 Å². The van der Waals surface area contributed by atoms with Gasteiger partial charge in [-0.15, -0.1) is 0 Å². The number of rotatable bonds is 8. The molecule has 0 aliphatic heterocycles. The van der Waals surface area contributed by atoms with Crippen LogP contribution < -0.4 is 14.8 Å². The maximum atomic E-state index is 12.5. The molecule has 2 aromatic rings. The van der Waals surface area contributed by atoms with Gasteiger partial charge >= 0.3 is 5.97 Å². The Morgan fingerprint density at radius 1 is 1.21 bits per heavy atom. The van der Waals surface area contributed by atoms with Crippen LogP contribution in [-0.2, 0) is 4.79 Å². The molecule has 0 bridgehead atoms. The van der Waals surface area contributed by atoms with E-state index in [9.17, 15) is 20.0 Å². The summed E-state index contributed by atoms with van der Waals surface area (Å²) in [6.45, 7) is 4.54. The van der Waals surface area contributed by atoms with Crippen molar-refractivity contribution < 1.29 is 24.2 Å². The molecule has 29 heavy (non-hydrogen) atoms. The van der Waals surface area contributed by atoms with Gasteiger partial charge in [0, 0.05) is 0 Å². The highest BCUT2D eigenvalue weighted by atomic mass is 79.9. The van der Waals surface area contributed by atoms with E-state index in [0.717, 1.165) is 0 Å². The molecule has 8 heteroatoms. The Labute approximate surface area is 176 Å². The zero-order valence-corrected chi connectivity index (χ0v) is 17.4. The lowest BCUT2D eigenvalue weighted by Crippen LogP contribution is -2.16. The third-order valence-corrected chi connectivity index (χ3v) is 4.29. The summed E-state index contributed by atoms with van der Waals surface area (Å²) in [7, 11) is 0. The molecule has 0 atom stereocenters. The van der Waals surface area contributed by atoms with Gasteiger partial charge in [-0.25, -0.2) is 4.79 Å². The number of anilines is 1. The van der Waals surface area contributed by atoms with Crippen LogP contribution in [0.25, 0.3) is 6.08 Å². The normalized spacial score (nSPS) is 10.8. The molecule has 0 spiro atoms. The Morgan fingerprint density at radius 3 is 2.52 bits per heavy atom. The number of hydrogen-bond donors (Lipinski definition) is 2. The monoisotopic (exact) mass is 458 g/mol. The van der Waals surface area contributed by atoms with E-state index < -0.39 is 11.9 Å². The molecule has 0 fully saturated rings. The first-order valence-electron chi connectivity index (χ1n) is 8.75. The fourth-order valence-corrected chi connectivity index (χ4v) is 3.08. The van der Waals surface area contributed by atoms with Crippen LogP contribution >= 0.6 is 15.9 Å². The molecular formula is C21H19BrN2O5. The Morgan fingerprint density at radius 2 is 1.90 bits per heavy atom. The van der Waals surface area contributed by atoms with Crippen molar-refractivity contribution in [3.63, 3.8) is 0 Å². The van der Waals surface area contributed by atoms with Crippen LogP contribution in [0, 0.1) is 11.3 Å². The molecule has 0 saturated carbocycles. The molecule has 0 radical (unpaired) electrons. The number of carbonyl (C=O) groups excluding carboxylic acids is 1. The van der Waals surface area contributed by atoms with Crippen LogP contribution in [0.4, 0.5) is 5.69 Å². The third kappa shape index (κ3) is 5.59. The maximum Gasteiger partial charge on any atom is 0.337 e. The predicted molar refractivity (Wildman–Crippen MR) is 112 cm³/mol. The molecule has 1 amide bonds. The van der Waals surface area contributed by atoms with E-state index in [1.54, 1.807) is 24.3 Å². The fraction of sp³-hybridized carbons (Fsp3) is 0.190. The first-order valence-corrected chi connectivity index (χ1v) is 9.55. The minimum atomic E-state index is -1.18. The summed E-state index contributed by atoms with van der Waals surface area (Å²) in [5.74, 6) is -0.891. The summed E-state index contributed by atoms with van der Waals surface area (Å²) in [6, 6.07) is 11.2. The average molecular weight is 459 g/mol. The Kier molecular flexibility index (Phi) is 7.80. The molecular weight excluding hydrogens is 440 g/mol. The van der Waals surface area contributed by atoms with Gasteiger partial charge in [-0.1, -0.05) is 12.1 Å². The van der Waals surface area contributed by atoms with Crippen molar-refractivity contribution in [2.24, 2.45) is 0 Å². The number of benzene rings is 2. The minimum Gasteiger partial charge on any atom is -0.490 e. The Hall–Kier alpha value is -3.31. The van der Waals surface area contributed by atoms with Gasteiger partial charge in [0.1, 0.15) is 11.6 Å². The topological polar surface area (TPSA) is 109 Å². The molecule has 0 aliphatic rings. The van der Waals surface area contributed by atoms with Crippen molar-refractivity contribution in [3.05, 3.63) is 57.6 Å². The van der Waals surface area contributed by atoms with Gasteiger partial charge in [0.25, 0.3) is 5.91 Å². The molecule has 0 aromatic heterocycles. The highest BCUT2D eigenvalue weighted by Gasteiger charge is 2.16. The number of nitrogens with one attached hydrogen (secondary N) is 1. The number of halogens is 1. The standard InChI is InChI=1S/C21H19BrN2O5/c1-3-28-18-11-13(10-16(22)19(18)29-4-2)9-14(12-23)20(25)24-17-8-6-5-7-15(17)21(26)27/h5-11H,3-4H2,1-2H3,(H,24,25)(H,26,27)/b14-9+. The van der Waals surface area contributed by atoms with Crippen molar-refractivity contribution >= 4 is 39.6 Å². The second kappa shape index (κ2) is 10.3. The summed E-state index contributed by atoms with van der Waals surface area (Å²) in [5, 5.41) is 21.1. The predicted octanol–water partition coefficient (Wildman–Crippen LogP) is 4.49.